The normalized spacial score (nSPS) is 14.0. The molecule has 3 amide bonds. The molecule has 26 heavy (non-hydrogen) atoms. The summed E-state index contributed by atoms with van der Waals surface area (Å²) >= 11 is 0. The van der Waals surface area contributed by atoms with Crippen LogP contribution in [0.1, 0.15) is 27.6 Å². The molecule has 2 aromatic carbocycles. The minimum absolute atomic E-state index is 0.302. The number of carbonyl (C=O) groups excluding carboxylic acids is 3. The van der Waals surface area contributed by atoms with E-state index in [2.05, 4.69) is 5.32 Å². The highest BCUT2D eigenvalue weighted by Crippen LogP contribution is 2.30. The third-order valence-corrected chi connectivity index (χ3v) is 4.26. The number of nitrogens with zero attached hydrogens (tertiary/aromatic N) is 1. The van der Waals surface area contributed by atoms with Gasteiger partial charge >= 0.3 is 0 Å². The van der Waals surface area contributed by atoms with Gasteiger partial charge in [0.15, 0.2) is 0 Å². The molecule has 1 aliphatic heterocycles. The zero-order chi connectivity index (χ0) is 18.8. The monoisotopic (exact) mass is 354 g/mol. The predicted octanol–water partition coefficient (Wildman–Crippen LogP) is 2.33. The van der Waals surface area contributed by atoms with Crippen molar-refractivity contribution in [3.63, 3.8) is 0 Å². The van der Waals surface area contributed by atoms with Crippen molar-refractivity contribution in [1.29, 1.82) is 0 Å². The van der Waals surface area contributed by atoms with E-state index < -0.39 is 23.8 Å². The number of fused-ring (bicyclic) bond motifs is 1. The number of anilines is 1. The van der Waals surface area contributed by atoms with E-state index in [-0.39, 0.29) is 0 Å². The van der Waals surface area contributed by atoms with Crippen LogP contribution in [0.15, 0.2) is 42.5 Å². The number of nitrogens with one attached hydrogen (secondary N) is 1. The van der Waals surface area contributed by atoms with Crippen LogP contribution in [0.2, 0.25) is 0 Å². The maximum Gasteiger partial charge on any atom is 0.262 e. The van der Waals surface area contributed by atoms with Gasteiger partial charge < -0.3 is 14.8 Å². The summed E-state index contributed by atoms with van der Waals surface area (Å²) < 4.78 is 10.4. The molecule has 2 aromatic rings. The lowest BCUT2D eigenvalue weighted by atomic mass is 10.1. The van der Waals surface area contributed by atoms with Crippen molar-refractivity contribution < 1.29 is 23.9 Å². The van der Waals surface area contributed by atoms with Crippen LogP contribution in [0, 0.1) is 0 Å². The van der Waals surface area contributed by atoms with Gasteiger partial charge in [0.2, 0.25) is 5.91 Å². The molecule has 7 heteroatoms. The van der Waals surface area contributed by atoms with Gasteiger partial charge in [0.25, 0.3) is 11.8 Å². The Morgan fingerprint density at radius 2 is 1.62 bits per heavy atom. The van der Waals surface area contributed by atoms with E-state index in [1.165, 1.54) is 21.1 Å². The summed E-state index contributed by atoms with van der Waals surface area (Å²) in [6.45, 7) is 1.50. The average molecular weight is 354 g/mol. The molecule has 0 aliphatic carbocycles. The molecule has 0 spiro atoms. The van der Waals surface area contributed by atoms with Crippen molar-refractivity contribution in [3.05, 3.63) is 53.6 Å². The summed E-state index contributed by atoms with van der Waals surface area (Å²) in [6, 6.07) is 10.5. The molecule has 0 aromatic heterocycles. The van der Waals surface area contributed by atoms with Crippen LogP contribution in [0.25, 0.3) is 0 Å². The van der Waals surface area contributed by atoms with Gasteiger partial charge in [-0.15, -0.1) is 0 Å². The molecule has 0 fully saturated rings. The van der Waals surface area contributed by atoms with Gasteiger partial charge in [-0.2, -0.15) is 0 Å². The number of hydrogen-bond acceptors (Lipinski definition) is 5. The first-order valence-electron chi connectivity index (χ1n) is 7.97. The molecule has 0 saturated heterocycles. The number of benzene rings is 2. The quantitative estimate of drug-likeness (QED) is 0.833. The Morgan fingerprint density at radius 1 is 1.00 bits per heavy atom. The molecule has 0 bridgehead atoms. The zero-order valence-electron chi connectivity index (χ0n) is 14.6. The number of methoxy groups -OCH3 is 2. The van der Waals surface area contributed by atoms with E-state index in [0.29, 0.717) is 28.3 Å². The van der Waals surface area contributed by atoms with Crippen LogP contribution in [-0.4, -0.2) is 42.9 Å². The molecule has 1 N–H and O–H groups in total. The van der Waals surface area contributed by atoms with E-state index in [1.807, 2.05) is 0 Å². The molecule has 0 unspecified atom stereocenters. The second-order valence-electron chi connectivity index (χ2n) is 5.76. The lowest BCUT2D eigenvalue weighted by Gasteiger charge is -2.22. The second kappa shape index (κ2) is 6.87. The first-order chi connectivity index (χ1) is 12.5. The van der Waals surface area contributed by atoms with Crippen molar-refractivity contribution in [2.24, 2.45) is 0 Å². The number of amides is 3. The van der Waals surface area contributed by atoms with E-state index in [9.17, 15) is 14.4 Å². The number of carbonyl (C=O) groups is 3. The van der Waals surface area contributed by atoms with Crippen molar-refractivity contribution >= 4 is 23.4 Å². The van der Waals surface area contributed by atoms with Crippen molar-refractivity contribution in [3.8, 4) is 11.5 Å². The fourth-order valence-corrected chi connectivity index (χ4v) is 2.83. The number of ether oxygens (including phenoxy) is 2. The van der Waals surface area contributed by atoms with E-state index in [4.69, 9.17) is 9.47 Å². The van der Waals surface area contributed by atoms with Crippen LogP contribution in [0.4, 0.5) is 5.69 Å². The maximum absolute atomic E-state index is 12.7. The first-order valence-corrected chi connectivity index (χ1v) is 7.97. The largest absolute Gasteiger partial charge is 0.497 e. The first kappa shape index (κ1) is 17.5. The molecule has 0 saturated carbocycles. The van der Waals surface area contributed by atoms with Crippen molar-refractivity contribution in [2.45, 2.75) is 13.0 Å². The molecule has 134 valence electrons. The van der Waals surface area contributed by atoms with E-state index in [0.717, 1.165) is 4.90 Å². The number of hydrogen-bond donors (Lipinski definition) is 1. The maximum atomic E-state index is 12.7. The highest BCUT2D eigenvalue weighted by Gasteiger charge is 2.40. The minimum atomic E-state index is -0.988. The van der Waals surface area contributed by atoms with Gasteiger partial charge in [-0.25, -0.2) is 0 Å². The summed E-state index contributed by atoms with van der Waals surface area (Å²) in [4.78, 5) is 38.6. The molecule has 1 aliphatic rings. The number of imide groups is 1. The Morgan fingerprint density at radius 3 is 2.15 bits per heavy atom. The summed E-state index contributed by atoms with van der Waals surface area (Å²) in [7, 11) is 2.99. The van der Waals surface area contributed by atoms with E-state index in [1.54, 1.807) is 42.5 Å². The molecular weight excluding hydrogens is 336 g/mol. The van der Waals surface area contributed by atoms with Crippen LogP contribution in [0.5, 0.6) is 11.5 Å². The van der Waals surface area contributed by atoms with Gasteiger partial charge in [0.05, 0.1) is 31.0 Å². The van der Waals surface area contributed by atoms with Gasteiger partial charge in [0.1, 0.15) is 17.5 Å². The van der Waals surface area contributed by atoms with Gasteiger partial charge in [-0.1, -0.05) is 12.1 Å². The Bertz CT molecular complexity index is 858. The van der Waals surface area contributed by atoms with Crippen molar-refractivity contribution in [1.82, 2.24) is 4.90 Å². The summed E-state index contributed by atoms with van der Waals surface area (Å²) in [5.41, 5.74) is 0.993. The Kier molecular flexibility index (Phi) is 4.62. The molecule has 0 radical (unpaired) electrons. The van der Waals surface area contributed by atoms with Gasteiger partial charge in [-0.05, 0) is 31.2 Å². The fraction of sp³-hybridized carbons (Fsp3) is 0.211. The third-order valence-electron chi connectivity index (χ3n) is 4.26. The predicted molar refractivity (Wildman–Crippen MR) is 94.6 cm³/mol. The topological polar surface area (TPSA) is 84.9 Å². The van der Waals surface area contributed by atoms with Crippen LogP contribution < -0.4 is 14.8 Å². The highest BCUT2D eigenvalue weighted by atomic mass is 16.5. The molecule has 3 rings (SSSR count). The van der Waals surface area contributed by atoms with Gasteiger partial charge in [-0.3, -0.25) is 19.3 Å². The minimum Gasteiger partial charge on any atom is -0.497 e. The zero-order valence-corrected chi connectivity index (χ0v) is 14.6. The van der Waals surface area contributed by atoms with Gasteiger partial charge in [0, 0.05) is 6.07 Å². The summed E-state index contributed by atoms with van der Waals surface area (Å²) in [5, 5.41) is 2.69. The Labute approximate surface area is 150 Å². The second-order valence-corrected chi connectivity index (χ2v) is 5.76. The van der Waals surface area contributed by atoms with Crippen LogP contribution in [-0.2, 0) is 4.79 Å². The summed E-state index contributed by atoms with van der Waals surface area (Å²) in [6.07, 6.45) is 0. The smallest absolute Gasteiger partial charge is 0.262 e. The van der Waals surface area contributed by atoms with E-state index >= 15 is 0 Å². The number of rotatable bonds is 5. The summed E-state index contributed by atoms with van der Waals surface area (Å²) in [5.74, 6) is -0.494. The molecular formula is C19H18N2O5. The Balaban J connectivity index is 1.84. The lowest BCUT2D eigenvalue weighted by Crippen LogP contribution is -2.45. The van der Waals surface area contributed by atoms with Crippen LogP contribution >= 0.6 is 0 Å². The molecule has 1 atom stereocenters. The SMILES string of the molecule is COc1ccc(OC)c(NC(=O)[C@@H](C)N2C(=O)c3ccccc3C2=O)c1. The standard InChI is InChI=1S/C19H18N2O5/c1-11(21-18(23)13-6-4-5-7-14(13)19(21)24)17(22)20-15-10-12(25-2)8-9-16(15)26-3/h4-11H,1-3H3,(H,20,22)/t11-/m1/s1. The molecule has 1 heterocycles. The van der Waals surface area contributed by atoms with Crippen LogP contribution in [0.3, 0.4) is 0 Å². The highest BCUT2D eigenvalue weighted by molar-refractivity contribution is 6.23. The Hall–Kier alpha value is -3.35. The third kappa shape index (κ3) is 2.88. The fourth-order valence-electron chi connectivity index (χ4n) is 2.83. The molecule has 7 nitrogen and oxygen atoms in total. The lowest BCUT2D eigenvalue weighted by molar-refractivity contribution is -0.119. The average Bonchev–Trinajstić information content (AvgIpc) is 2.92. The van der Waals surface area contributed by atoms with Crippen molar-refractivity contribution in [2.75, 3.05) is 19.5 Å².